The minimum absolute atomic E-state index is 0.237. The Morgan fingerprint density at radius 2 is 1.76 bits per heavy atom. The highest BCUT2D eigenvalue weighted by molar-refractivity contribution is 6.33. The maximum absolute atomic E-state index is 14.4. The number of allylic oxidation sites excluding steroid dienone is 2. The summed E-state index contributed by atoms with van der Waals surface area (Å²) in [7, 11) is 0. The average Bonchev–Trinajstić information content (AvgIpc) is 2.66. The van der Waals surface area contributed by atoms with Crippen LogP contribution in [0.1, 0.15) is 57.1 Å². The van der Waals surface area contributed by atoms with Gasteiger partial charge in [-0.2, -0.15) is 0 Å². The summed E-state index contributed by atoms with van der Waals surface area (Å²) in [5, 5.41) is 0.237. The topological polar surface area (TPSA) is 0 Å². The smallest absolute Gasteiger partial charge is 0.145 e. The molecule has 0 bridgehead atoms. The van der Waals surface area contributed by atoms with E-state index in [0.29, 0.717) is 5.56 Å². The fraction of sp³-hybridized carbons (Fsp3) is 0.391. The van der Waals surface area contributed by atoms with Crippen LogP contribution < -0.4 is 0 Å². The normalized spacial score (nSPS) is 17.4. The van der Waals surface area contributed by atoms with Crippen molar-refractivity contribution in [1.82, 2.24) is 0 Å². The van der Waals surface area contributed by atoms with E-state index in [-0.39, 0.29) is 10.8 Å². The third kappa shape index (κ3) is 3.98. The van der Waals surface area contributed by atoms with Crippen molar-refractivity contribution in [3.63, 3.8) is 0 Å². The Hall–Kier alpha value is -1.60. The van der Waals surface area contributed by atoms with Gasteiger partial charge in [0.1, 0.15) is 5.82 Å². The molecule has 0 radical (unpaired) electrons. The summed E-state index contributed by atoms with van der Waals surface area (Å²) < 4.78 is 14.4. The fourth-order valence-electron chi connectivity index (χ4n) is 3.66. The lowest BCUT2D eigenvalue weighted by molar-refractivity contribution is 0.471. The number of benzene rings is 2. The van der Waals surface area contributed by atoms with Gasteiger partial charge >= 0.3 is 0 Å². The van der Waals surface area contributed by atoms with Gasteiger partial charge in [-0.25, -0.2) is 4.39 Å². The van der Waals surface area contributed by atoms with Crippen molar-refractivity contribution in [3.05, 3.63) is 64.4 Å². The molecule has 2 aromatic rings. The van der Waals surface area contributed by atoms with Crippen LogP contribution in [0.3, 0.4) is 0 Å². The molecule has 2 aromatic carbocycles. The zero-order valence-corrected chi connectivity index (χ0v) is 15.9. The summed E-state index contributed by atoms with van der Waals surface area (Å²) in [4.78, 5) is 0. The number of halogens is 2. The molecule has 0 aliphatic heterocycles. The van der Waals surface area contributed by atoms with Crippen molar-refractivity contribution in [2.75, 3.05) is 0 Å². The lowest BCUT2D eigenvalue weighted by atomic mass is 9.85. The number of rotatable bonds is 5. The van der Waals surface area contributed by atoms with Crippen LogP contribution >= 0.6 is 11.6 Å². The predicted octanol–water partition coefficient (Wildman–Crippen LogP) is 7.69. The van der Waals surface area contributed by atoms with E-state index in [4.69, 9.17) is 11.6 Å². The van der Waals surface area contributed by atoms with Crippen molar-refractivity contribution < 1.29 is 4.39 Å². The van der Waals surface area contributed by atoms with Gasteiger partial charge in [-0.15, -0.1) is 0 Å². The van der Waals surface area contributed by atoms with E-state index < -0.39 is 0 Å². The Balaban J connectivity index is 1.84. The molecule has 1 aliphatic carbocycles. The minimum atomic E-state index is -0.273. The first-order valence-electron chi connectivity index (χ1n) is 9.40. The van der Waals surface area contributed by atoms with E-state index in [1.807, 2.05) is 19.1 Å². The van der Waals surface area contributed by atoms with Crippen LogP contribution in [0.15, 0.2) is 42.5 Å². The molecule has 0 amide bonds. The first-order chi connectivity index (χ1) is 12.1. The van der Waals surface area contributed by atoms with Crippen molar-refractivity contribution in [2.24, 2.45) is 5.92 Å². The fourth-order valence-corrected chi connectivity index (χ4v) is 3.95. The second-order valence-corrected chi connectivity index (χ2v) is 7.38. The maximum atomic E-state index is 14.4. The molecular weight excluding hydrogens is 331 g/mol. The third-order valence-electron chi connectivity index (χ3n) is 5.35. The van der Waals surface area contributed by atoms with Gasteiger partial charge in [-0.05, 0) is 53.9 Å². The monoisotopic (exact) mass is 356 g/mol. The first kappa shape index (κ1) is 18.2. The van der Waals surface area contributed by atoms with Crippen molar-refractivity contribution in [2.45, 2.75) is 52.4 Å². The molecule has 2 heteroatoms. The van der Waals surface area contributed by atoms with Crippen LogP contribution in [0.4, 0.5) is 4.39 Å². The highest BCUT2D eigenvalue weighted by Gasteiger charge is 2.15. The number of aryl methyl sites for hydroxylation is 1. The molecule has 0 heterocycles. The molecule has 1 unspecified atom stereocenters. The van der Waals surface area contributed by atoms with Gasteiger partial charge < -0.3 is 0 Å². The highest BCUT2D eigenvalue weighted by atomic mass is 35.5. The largest absolute Gasteiger partial charge is 0.205 e. The Bertz CT molecular complexity index is 758. The van der Waals surface area contributed by atoms with Gasteiger partial charge in [0.05, 0.1) is 5.02 Å². The first-order valence-corrected chi connectivity index (χ1v) is 9.78. The van der Waals surface area contributed by atoms with E-state index in [1.165, 1.54) is 30.4 Å². The standard InChI is InChI=1S/C23H26ClF/c1-3-5-20-14-15-21(22(24)23(20)25)19-12-10-18(11-13-19)17-8-6-16(4-2)7-9-17/h8,10-16H,3-7,9H2,1-2H3. The van der Waals surface area contributed by atoms with Crippen LogP contribution in [0, 0.1) is 11.7 Å². The van der Waals surface area contributed by atoms with Crippen LogP contribution in [0.2, 0.25) is 5.02 Å². The Morgan fingerprint density at radius 3 is 2.36 bits per heavy atom. The summed E-state index contributed by atoms with van der Waals surface area (Å²) in [5.41, 5.74) is 5.16. The molecule has 3 rings (SSSR count). The van der Waals surface area contributed by atoms with Gasteiger partial charge in [-0.1, -0.05) is 80.8 Å². The molecule has 0 fully saturated rings. The molecule has 0 nitrogen and oxygen atoms in total. The van der Waals surface area contributed by atoms with Gasteiger partial charge in [0.2, 0.25) is 0 Å². The molecule has 0 aromatic heterocycles. The Kier molecular flexibility index (Phi) is 5.96. The number of hydrogen-bond donors (Lipinski definition) is 0. The van der Waals surface area contributed by atoms with Crippen molar-refractivity contribution >= 4 is 17.2 Å². The second-order valence-electron chi connectivity index (χ2n) is 7.01. The Labute approximate surface area is 155 Å². The van der Waals surface area contributed by atoms with Crippen LogP contribution in [0.25, 0.3) is 16.7 Å². The van der Waals surface area contributed by atoms with E-state index >= 15 is 0 Å². The molecule has 1 aliphatic rings. The summed E-state index contributed by atoms with van der Waals surface area (Å²) in [6, 6.07) is 12.2. The van der Waals surface area contributed by atoms with Gasteiger partial charge in [0.25, 0.3) is 0 Å². The lowest BCUT2D eigenvalue weighted by Gasteiger charge is -2.21. The van der Waals surface area contributed by atoms with Gasteiger partial charge in [0.15, 0.2) is 0 Å². The van der Waals surface area contributed by atoms with Crippen molar-refractivity contribution in [3.8, 4) is 11.1 Å². The molecule has 0 saturated heterocycles. The zero-order chi connectivity index (χ0) is 17.8. The summed E-state index contributed by atoms with van der Waals surface area (Å²) >= 11 is 6.30. The van der Waals surface area contributed by atoms with Crippen LogP contribution in [-0.2, 0) is 6.42 Å². The minimum Gasteiger partial charge on any atom is -0.205 e. The lowest BCUT2D eigenvalue weighted by Crippen LogP contribution is -2.03. The van der Waals surface area contributed by atoms with E-state index in [1.54, 1.807) is 0 Å². The molecule has 0 spiro atoms. The average molecular weight is 357 g/mol. The molecule has 25 heavy (non-hydrogen) atoms. The molecule has 1 atom stereocenters. The molecule has 0 saturated carbocycles. The third-order valence-corrected chi connectivity index (χ3v) is 5.71. The Morgan fingerprint density at radius 1 is 1.04 bits per heavy atom. The van der Waals surface area contributed by atoms with Crippen molar-refractivity contribution in [1.29, 1.82) is 0 Å². The van der Waals surface area contributed by atoms with Gasteiger partial charge in [0, 0.05) is 5.56 Å². The van der Waals surface area contributed by atoms with E-state index in [0.717, 1.165) is 36.3 Å². The van der Waals surface area contributed by atoms with E-state index in [9.17, 15) is 4.39 Å². The quantitative estimate of drug-likeness (QED) is 0.515. The molecular formula is C23H26ClF. The van der Waals surface area contributed by atoms with Crippen LogP contribution in [-0.4, -0.2) is 0 Å². The maximum Gasteiger partial charge on any atom is 0.145 e. The van der Waals surface area contributed by atoms with Gasteiger partial charge in [-0.3, -0.25) is 0 Å². The predicted molar refractivity (Wildman–Crippen MR) is 106 cm³/mol. The van der Waals surface area contributed by atoms with Crippen LogP contribution in [0.5, 0.6) is 0 Å². The zero-order valence-electron chi connectivity index (χ0n) is 15.1. The second kappa shape index (κ2) is 8.19. The highest BCUT2D eigenvalue weighted by Crippen LogP contribution is 2.35. The molecule has 0 N–H and O–H groups in total. The SMILES string of the molecule is CCCc1ccc(-c2ccc(C3=CCC(CC)CC3)cc2)c(Cl)c1F. The summed E-state index contributed by atoms with van der Waals surface area (Å²) in [6.45, 7) is 4.32. The molecule has 132 valence electrons. The number of hydrogen-bond acceptors (Lipinski definition) is 0. The summed E-state index contributed by atoms with van der Waals surface area (Å²) in [5.74, 6) is 0.567. The van der Waals surface area contributed by atoms with E-state index in [2.05, 4.69) is 37.3 Å². The summed E-state index contributed by atoms with van der Waals surface area (Å²) in [6.07, 6.45) is 8.90.